The third kappa shape index (κ3) is 2.70. The van der Waals surface area contributed by atoms with Gasteiger partial charge in [0.05, 0.1) is 0 Å². The van der Waals surface area contributed by atoms with E-state index < -0.39 is 10.5 Å². The van der Waals surface area contributed by atoms with Gasteiger partial charge in [0.1, 0.15) is 11.8 Å². The highest BCUT2D eigenvalue weighted by molar-refractivity contribution is 5.48. The molecular formula is C17H17N5O3. The average Bonchev–Trinajstić information content (AvgIpc) is 3.04. The number of aliphatic hydroxyl groups is 1. The molecule has 0 bridgehead atoms. The van der Waals surface area contributed by atoms with E-state index in [0.717, 1.165) is 24.0 Å². The molecule has 3 aromatic rings. The quantitative estimate of drug-likeness (QED) is 0.558. The molecule has 0 saturated heterocycles. The summed E-state index contributed by atoms with van der Waals surface area (Å²) in [5.74, 6) is 0.255. The Morgan fingerprint density at radius 3 is 3.00 bits per heavy atom. The minimum absolute atomic E-state index is 0.194. The second-order valence-corrected chi connectivity index (χ2v) is 6.26. The standard InChI is InChI=1S/C17H17N5O3/c23-17(9-3-5-12-4-1-2-6-13(12)17)11-19-14-7-8-15-18-10-16(22(24)25)21(15)20-14/h1-2,4,6-8,10,23H,3,5,9,11H2,(H,19,20)/t17-/m0/s1. The van der Waals surface area contributed by atoms with E-state index in [9.17, 15) is 15.2 Å². The van der Waals surface area contributed by atoms with E-state index in [4.69, 9.17) is 0 Å². The van der Waals surface area contributed by atoms with Crippen LogP contribution in [0.3, 0.4) is 0 Å². The van der Waals surface area contributed by atoms with Crippen molar-refractivity contribution in [1.29, 1.82) is 0 Å². The molecule has 8 heteroatoms. The molecule has 2 aromatic heterocycles. The summed E-state index contributed by atoms with van der Waals surface area (Å²) in [5.41, 5.74) is 1.51. The lowest BCUT2D eigenvalue weighted by Crippen LogP contribution is -2.37. The second kappa shape index (κ2) is 5.82. The molecule has 0 unspecified atom stereocenters. The van der Waals surface area contributed by atoms with Gasteiger partial charge in [0.25, 0.3) is 0 Å². The number of anilines is 1. The predicted molar refractivity (Wildman–Crippen MR) is 91.4 cm³/mol. The fourth-order valence-corrected chi connectivity index (χ4v) is 3.40. The molecule has 0 saturated carbocycles. The number of hydrogen-bond donors (Lipinski definition) is 2. The number of aryl methyl sites for hydroxylation is 1. The van der Waals surface area contributed by atoms with Gasteiger partial charge < -0.3 is 20.5 Å². The van der Waals surface area contributed by atoms with E-state index in [-0.39, 0.29) is 12.4 Å². The van der Waals surface area contributed by atoms with Gasteiger partial charge in [-0.25, -0.2) is 4.98 Å². The summed E-state index contributed by atoms with van der Waals surface area (Å²) < 4.78 is 1.18. The summed E-state index contributed by atoms with van der Waals surface area (Å²) in [6, 6.07) is 11.2. The normalized spacial score (nSPS) is 19.6. The van der Waals surface area contributed by atoms with E-state index in [1.54, 1.807) is 12.1 Å². The highest BCUT2D eigenvalue weighted by Gasteiger charge is 2.34. The van der Waals surface area contributed by atoms with Gasteiger partial charge in [-0.2, -0.15) is 0 Å². The fourth-order valence-electron chi connectivity index (χ4n) is 3.40. The van der Waals surface area contributed by atoms with Crippen LogP contribution in [0, 0.1) is 10.1 Å². The lowest BCUT2D eigenvalue weighted by molar-refractivity contribution is -0.391. The summed E-state index contributed by atoms with van der Waals surface area (Å²) in [6.07, 6.45) is 3.71. The van der Waals surface area contributed by atoms with E-state index in [2.05, 4.69) is 15.4 Å². The molecular weight excluding hydrogens is 322 g/mol. The first-order valence-corrected chi connectivity index (χ1v) is 8.11. The maximum absolute atomic E-state index is 11.1. The van der Waals surface area contributed by atoms with Gasteiger partial charge in [-0.05, 0) is 41.4 Å². The summed E-state index contributed by atoms with van der Waals surface area (Å²) >= 11 is 0. The highest BCUT2D eigenvalue weighted by atomic mass is 16.6. The molecule has 1 aliphatic rings. The Bertz CT molecular complexity index is 954. The van der Waals surface area contributed by atoms with Crippen LogP contribution in [-0.4, -0.2) is 31.2 Å². The van der Waals surface area contributed by atoms with Gasteiger partial charge in [0.15, 0.2) is 5.82 Å². The summed E-state index contributed by atoms with van der Waals surface area (Å²) in [5, 5.41) is 29.4. The number of aromatic nitrogens is 3. The van der Waals surface area contributed by atoms with Crippen molar-refractivity contribution in [3.63, 3.8) is 0 Å². The number of benzene rings is 1. The van der Waals surface area contributed by atoms with Gasteiger partial charge in [0, 0.05) is 12.6 Å². The second-order valence-electron chi connectivity index (χ2n) is 6.26. The first-order chi connectivity index (χ1) is 12.1. The number of imidazole rings is 1. The van der Waals surface area contributed by atoms with Gasteiger partial charge in [-0.15, -0.1) is 0 Å². The molecule has 1 aromatic carbocycles. The van der Waals surface area contributed by atoms with E-state index in [0.29, 0.717) is 17.9 Å². The zero-order chi connectivity index (χ0) is 17.4. The largest absolute Gasteiger partial charge is 0.383 e. The molecule has 0 fully saturated rings. The van der Waals surface area contributed by atoms with Crippen molar-refractivity contribution in [2.24, 2.45) is 0 Å². The number of nitrogens with zero attached hydrogens (tertiary/aromatic N) is 4. The third-order valence-corrected chi connectivity index (χ3v) is 4.65. The number of nitro groups is 1. The minimum Gasteiger partial charge on any atom is -0.383 e. The zero-order valence-corrected chi connectivity index (χ0v) is 13.4. The first kappa shape index (κ1) is 15.5. The van der Waals surface area contributed by atoms with Crippen LogP contribution in [-0.2, 0) is 12.0 Å². The van der Waals surface area contributed by atoms with Crippen LogP contribution in [0.2, 0.25) is 0 Å². The maximum Gasteiger partial charge on any atom is 0.368 e. The van der Waals surface area contributed by atoms with Crippen LogP contribution >= 0.6 is 0 Å². The summed E-state index contributed by atoms with van der Waals surface area (Å²) in [6.45, 7) is 0.283. The average molecular weight is 339 g/mol. The smallest absolute Gasteiger partial charge is 0.368 e. The van der Waals surface area contributed by atoms with Crippen LogP contribution in [0.25, 0.3) is 5.65 Å². The molecule has 1 aliphatic carbocycles. The lowest BCUT2D eigenvalue weighted by atomic mass is 9.79. The van der Waals surface area contributed by atoms with Crippen molar-refractivity contribution >= 4 is 17.3 Å². The monoisotopic (exact) mass is 339 g/mol. The fraction of sp³-hybridized carbons (Fsp3) is 0.294. The van der Waals surface area contributed by atoms with Crippen molar-refractivity contribution in [3.8, 4) is 0 Å². The summed E-state index contributed by atoms with van der Waals surface area (Å²) in [4.78, 5) is 14.5. The number of hydrogen-bond acceptors (Lipinski definition) is 6. The van der Waals surface area contributed by atoms with Gasteiger partial charge in [0.2, 0.25) is 5.65 Å². The zero-order valence-electron chi connectivity index (χ0n) is 13.4. The number of fused-ring (bicyclic) bond motifs is 2. The molecule has 0 radical (unpaired) electrons. The van der Waals surface area contributed by atoms with Crippen LogP contribution in [0.15, 0.2) is 42.6 Å². The molecule has 0 aliphatic heterocycles. The Kier molecular flexibility index (Phi) is 3.61. The molecule has 4 rings (SSSR count). The molecule has 0 amide bonds. The maximum atomic E-state index is 11.1. The minimum atomic E-state index is -0.980. The highest BCUT2D eigenvalue weighted by Crippen LogP contribution is 2.35. The predicted octanol–water partition coefficient (Wildman–Crippen LogP) is 2.27. The molecule has 2 heterocycles. The number of nitrogens with one attached hydrogen (secondary N) is 1. The van der Waals surface area contributed by atoms with Gasteiger partial charge in [-0.3, -0.25) is 0 Å². The Hall–Kier alpha value is -3.00. The Morgan fingerprint density at radius 2 is 2.16 bits per heavy atom. The molecule has 128 valence electrons. The third-order valence-electron chi connectivity index (χ3n) is 4.65. The van der Waals surface area contributed by atoms with E-state index in [1.165, 1.54) is 10.7 Å². The molecule has 25 heavy (non-hydrogen) atoms. The Labute approximate surface area is 143 Å². The lowest BCUT2D eigenvalue weighted by Gasteiger charge is -2.34. The van der Waals surface area contributed by atoms with Crippen LogP contribution < -0.4 is 5.32 Å². The summed E-state index contributed by atoms with van der Waals surface area (Å²) in [7, 11) is 0. The van der Waals surface area contributed by atoms with E-state index >= 15 is 0 Å². The first-order valence-electron chi connectivity index (χ1n) is 8.11. The molecule has 2 N–H and O–H groups in total. The van der Waals surface area contributed by atoms with Gasteiger partial charge >= 0.3 is 5.82 Å². The van der Waals surface area contributed by atoms with E-state index in [1.807, 2.05) is 24.3 Å². The van der Waals surface area contributed by atoms with Crippen LogP contribution in [0.4, 0.5) is 11.6 Å². The topological polar surface area (TPSA) is 106 Å². The van der Waals surface area contributed by atoms with Crippen LogP contribution in [0.5, 0.6) is 0 Å². The van der Waals surface area contributed by atoms with Crippen LogP contribution in [0.1, 0.15) is 24.0 Å². The molecule has 0 spiro atoms. The van der Waals surface area contributed by atoms with Gasteiger partial charge in [-0.1, -0.05) is 33.9 Å². The van der Waals surface area contributed by atoms with Crippen molar-refractivity contribution in [2.45, 2.75) is 24.9 Å². The number of rotatable bonds is 4. The SMILES string of the molecule is O=[N+]([O-])c1cnc2ccc(NC[C@@]3(O)CCCc4ccccc43)nn12. The molecule has 1 atom stereocenters. The van der Waals surface area contributed by atoms with Crippen molar-refractivity contribution in [3.05, 3.63) is 63.8 Å². The molecule has 8 nitrogen and oxygen atoms in total. The Morgan fingerprint density at radius 1 is 1.32 bits per heavy atom. The van der Waals surface area contributed by atoms with Crippen molar-refractivity contribution in [1.82, 2.24) is 14.6 Å². The Balaban J connectivity index is 1.60. The van der Waals surface area contributed by atoms with Crippen molar-refractivity contribution < 1.29 is 10.0 Å². The van der Waals surface area contributed by atoms with Crippen molar-refractivity contribution in [2.75, 3.05) is 11.9 Å².